The van der Waals surface area contributed by atoms with Crippen molar-refractivity contribution in [2.45, 2.75) is 5.38 Å². The Morgan fingerprint density at radius 1 is 1.00 bits per heavy atom. The van der Waals surface area contributed by atoms with E-state index in [0.29, 0.717) is 10.1 Å². The molecule has 1 aromatic rings. The van der Waals surface area contributed by atoms with Crippen molar-refractivity contribution in [3.63, 3.8) is 0 Å². The lowest BCUT2D eigenvalue weighted by Crippen LogP contribution is -2.07. The first-order valence-electron chi connectivity index (χ1n) is 4.82. The number of halogens is 3. The molecule has 1 unspecified atom stereocenters. The van der Waals surface area contributed by atoms with E-state index >= 15 is 0 Å². The van der Waals surface area contributed by atoms with E-state index in [1.54, 1.807) is 12.2 Å². The highest BCUT2D eigenvalue weighted by Gasteiger charge is 2.20. The van der Waals surface area contributed by atoms with Crippen molar-refractivity contribution in [2.75, 3.05) is 0 Å². The van der Waals surface area contributed by atoms with Crippen LogP contribution in [0.25, 0.3) is 6.08 Å². The molecular formula is C13H9Cl3. The summed E-state index contributed by atoms with van der Waals surface area (Å²) in [4.78, 5) is 0. The number of rotatable bonds is 1. The lowest BCUT2D eigenvalue weighted by Gasteiger charge is -2.16. The largest absolute Gasteiger partial charge is 0.112 e. The SMILES string of the molecule is ClC1=CC=C(Cl)C(Cl)C1=Cc1ccccc1. The third-order valence-corrected chi connectivity index (χ3v) is 3.57. The first-order valence-corrected chi connectivity index (χ1v) is 6.01. The van der Waals surface area contributed by atoms with E-state index in [-0.39, 0.29) is 5.38 Å². The van der Waals surface area contributed by atoms with Crippen molar-refractivity contribution < 1.29 is 0 Å². The summed E-state index contributed by atoms with van der Waals surface area (Å²) >= 11 is 18.3. The summed E-state index contributed by atoms with van der Waals surface area (Å²) in [5, 5.41) is 0.862. The van der Waals surface area contributed by atoms with Crippen molar-refractivity contribution in [2.24, 2.45) is 0 Å². The van der Waals surface area contributed by atoms with Gasteiger partial charge in [-0.05, 0) is 29.4 Å². The maximum absolute atomic E-state index is 6.18. The summed E-state index contributed by atoms with van der Waals surface area (Å²) in [5.41, 5.74) is 1.89. The minimum absolute atomic E-state index is 0.362. The van der Waals surface area contributed by atoms with Gasteiger partial charge in [0.15, 0.2) is 0 Å². The van der Waals surface area contributed by atoms with Crippen molar-refractivity contribution in [1.29, 1.82) is 0 Å². The van der Waals surface area contributed by atoms with Crippen LogP contribution in [0.5, 0.6) is 0 Å². The van der Waals surface area contributed by atoms with E-state index in [2.05, 4.69) is 0 Å². The molecule has 0 saturated carbocycles. The van der Waals surface area contributed by atoms with Gasteiger partial charge in [-0.1, -0.05) is 53.5 Å². The van der Waals surface area contributed by atoms with E-state index in [1.165, 1.54) is 0 Å². The highest BCUT2D eigenvalue weighted by Crippen LogP contribution is 2.34. The minimum atomic E-state index is -0.362. The lowest BCUT2D eigenvalue weighted by molar-refractivity contribution is 1.24. The van der Waals surface area contributed by atoms with Crippen LogP contribution in [0.1, 0.15) is 5.56 Å². The molecule has 0 saturated heterocycles. The molecule has 0 radical (unpaired) electrons. The Morgan fingerprint density at radius 3 is 2.38 bits per heavy atom. The standard InChI is InChI=1S/C13H9Cl3/c14-11-6-7-12(15)13(16)10(11)8-9-4-2-1-3-5-9/h1-8,13H. The maximum atomic E-state index is 6.18. The molecule has 1 atom stereocenters. The zero-order valence-corrected chi connectivity index (χ0v) is 10.6. The highest BCUT2D eigenvalue weighted by molar-refractivity contribution is 6.42. The Balaban J connectivity index is 2.38. The summed E-state index contributed by atoms with van der Waals surface area (Å²) in [6.45, 7) is 0. The minimum Gasteiger partial charge on any atom is -0.112 e. The number of allylic oxidation sites excluding steroid dienone is 5. The molecular weight excluding hydrogens is 263 g/mol. The van der Waals surface area contributed by atoms with Gasteiger partial charge in [-0.3, -0.25) is 0 Å². The highest BCUT2D eigenvalue weighted by atomic mass is 35.5. The molecule has 3 heteroatoms. The van der Waals surface area contributed by atoms with E-state index in [4.69, 9.17) is 34.8 Å². The summed E-state index contributed by atoms with van der Waals surface area (Å²) in [5.74, 6) is 0. The van der Waals surface area contributed by atoms with E-state index in [0.717, 1.165) is 11.1 Å². The Labute approximate surface area is 110 Å². The van der Waals surface area contributed by atoms with Gasteiger partial charge in [0.2, 0.25) is 0 Å². The molecule has 0 bridgehead atoms. The number of hydrogen-bond acceptors (Lipinski definition) is 0. The fourth-order valence-corrected chi connectivity index (χ4v) is 2.19. The predicted molar refractivity (Wildman–Crippen MR) is 71.9 cm³/mol. The second-order valence-electron chi connectivity index (χ2n) is 3.44. The smallest absolute Gasteiger partial charge is 0.0955 e. The quantitative estimate of drug-likeness (QED) is 0.635. The third kappa shape index (κ3) is 2.52. The van der Waals surface area contributed by atoms with Crippen LogP contribution in [0.3, 0.4) is 0 Å². The molecule has 0 heterocycles. The zero-order chi connectivity index (χ0) is 11.5. The molecule has 2 rings (SSSR count). The van der Waals surface area contributed by atoms with Crippen LogP contribution >= 0.6 is 34.8 Å². The van der Waals surface area contributed by atoms with Crippen molar-refractivity contribution >= 4 is 40.9 Å². The molecule has 1 aliphatic carbocycles. The van der Waals surface area contributed by atoms with Gasteiger partial charge in [0.25, 0.3) is 0 Å². The van der Waals surface area contributed by atoms with E-state index in [9.17, 15) is 0 Å². The van der Waals surface area contributed by atoms with E-state index < -0.39 is 0 Å². The van der Waals surface area contributed by atoms with Crippen molar-refractivity contribution in [1.82, 2.24) is 0 Å². The zero-order valence-electron chi connectivity index (χ0n) is 8.33. The van der Waals surface area contributed by atoms with Crippen molar-refractivity contribution in [3.8, 4) is 0 Å². The normalized spacial score (nSPS) is 22.9. The van der Waals surface area contributed by atoms with Gasteiger partial charge in [0.05, 0.1) is 5.38 Å². The first-order chi connectivity index (χ1) is 7.68. The average Bonchev–Trinajstić information content (AvgIpc) is 2.31. The molecule has 1 aromatic carbocycles. The number of hydrogen-bond donors (Lipinski definition) is 0. The molecule has 82 valence electrons. The summed E-state index contributed by atoms with van der Waals surface area (Å²) < 4.78 is 0. The monoisotopic (exact) mass is 270 g/mol. The molecule has 0 aliphatic heterocycles. The molecule has 1 aliphatic rings. The average molecular weight is 272 g/mol. The summed E-state index contributed by atoms with van der Waals surface area (Å²) in [6, 6.07) is 9.88. The third-order valence-electron chi connectivity index (χ3n) is 2.30. The molecule has 0 N–H and O–H groups in total. The van der Waals surface area contributed by atoms with Crippen LogP contribution in [0.4, 0.5) is 0 Å². The molecule has 16 heavy (non-hydrogen) atoms. The Hall–Kier alpha value is -0.690. The Kier molecular flexibility index (Phi) is 3.75. The van der Waals surface area contributed by atoms with Crippen LogP contribution in [0, 0.1) is 0 Å². The fraction of sp³-hybridized carbons (Fsp3) is 0.0769. The first kappa shape index (κ1) is 11.8. The van der Waals surface area contributed by atoms with Crippen LogP contribution < -0.4 is 0 Å². The van der Waals surface area contributed by atoms with Gasteiger partial charge >= 0.3 is 0 Å². The predicted octanol–water partition coefficient (Wildman–Crippen LogP) is 4.94. The molecule has 0 fully saturated rings. The number of benzene rings is 1. The van der Waals surface area contributed by atoms with Gasteiger partial charge in [0, 0.05) is 10.1 Å². The van der Waals surface area contributed by atoms with E-state index in [1.807, 2.05) is 36.4 Å². The van der Waals surface area contributed by atoms with Crippen LogP contribution in [-0.2, 0) is 0 Å². The molecule has 0 nitrogen and oxygen atoms in total. The molecule has 0 amide bonds. The fourth-order valence-electron chi connectivity index (χ4n) is 1.47. The number of alkyl halides is 1. The van der Waals surface area contributed by atoms with Crippen molar-refractivity contribution in [3.05, 3.63) is 63.7 Å². The second kappa shape index (κ2) is 5.09. The Morgan fingerprint density at radius 2 is 1.69 bits per heavy atom. The topological polar surface area (TPSA) is 0 Å². The molecule has 0 aromatic heterocycles. The van der Waals surface area contributed by atoms with Gasteiger partial charge in [-0.15, -0.1) is 11.6 Å². The van der Waals surface area contributed by atoms with Gasteiger partial charge < -0.3 is 0 Å². The van der Waals surface area contributed by atoms with Gasteiger partial charge in [-0.25, -0.2) is 0 Å². The van der Waals surface area contributed by atoms with Crippen LogP contribution in [0.2, 0.25) is 0 Å². The molecule has 0 spiro atoms. The second-order valence-corrected chi connectivity index (χ2v) is 4.72. The van der Waals surface area contributed by atoms with Crippen LogP contribution in [0.15, 0.2) is 58.1 Å². The Bertz CT molecular complexity index is 469. The lowest BCUT2D eigenvalue weighted by atomic mass is 10.0. The summed E-state index contributed by atoms with van der Waals surface area (Å²) in [6.07, 6.45) is 5.44. The maximum Gasteiger partial charge on any atom is 0.0955 e. The van der Waals surface area contributed by atoms with Crippen LogP contribution in [-0.4, -0.2) is 5.38 Å². The summed E-state index contributed by atoms with van der Waals surface area (Å²) in [7, 11) is 0. The van der Waals surface area contributed by atoms with Gasteiger partial charge in [-0.2, -0.15) is 0 Å². The van der Waals surface area contributed by atoms with Gasteiger partial charge in [0.1, 0.15) is 0 Å².